The molecule has 0 saturated heterocycles. The fourth-order valence-electron chi connectivity index (χ4n) is 12.3. The maximum atomic E-state index is 11.6. The van der Waals surface area contributed by atoms with Crippen LogP contribution in [0.3, 0.4) is 0 Å². The van der Waals surface area contributed by atoms with Crippen LogP contribution in [0.4, 0.5) is 0 Å². The Morgan fingerprint density at radius 3 is 0.500 bits per heavy atom. The summed E-state index contributed by atoms with van der Waals surface area (Å²) in [5.41, 5.74) is -0.825. The molecule has 0 aliphatic heterocycles. The Hall–Kier alpha value is -0.120. The van der Waals surface area contributed by atoms with Crippen molar-refractivity contribution in [2.45, 2.75) is 419 Å². The Bertz CT molecular complexity index is 877. The van der Waals surface area contributed by atoms with E-state index < -0.39 is 11.4 Å². The molecule has 0 rings (SSSR count). The number of hydrogen-bond donors (Lipinski definition) is 3. The van der Waals surface area contributed by atoms with Gasteiger partial charge in [-0.3, -0.25) is 0 Å². The topological polar surface area (TPSA) is 60.7 Å². The predicted octanol–water partition coefficient (Wildman–Crippen LogP) is 23.7. The minimum Gasteiger partial charge on any atom is -0.343 e. The molecule has 0 aromatic carbocycles. The lowest BCUT2D eigenvalue weighted by molar-refractivity contribution is -0.390. The van der Waals surface area contributed by atoms with Gasteiger partial charge in [0.05, 0.1) is 5.41 Å². The van der Waals surface area contributed by atoms with E-state index >= 15 is 0 Å². The van der Waals surface area contributed by atoms with Crippen LogP contribution < -0.4 is 0 Å². The van der Waals surface area contributed by atoms with Gasteiger partial charge in [-0.2, -0.15) is 0 Å². The number of aliphatic hydroxyl groups is 3. The van der Waals surface area contributed by atoms with Gasteiger partial charge in [0.2, 0.25) is 0 Å². The first-order chi connectivity index (χ1) is 34.4. The van der Waals surface area contributed by atoms with Crippen molar-refractivity contribution >= 4 is 0 Å². The lowest BCUT2D eigenvalue weighted by Gasteiger charge is -2.47. The number of rotatable bonds is 62. The summed E-state index contributed by atoms with van der Waals surface area (Å²) in [6.07, 6.45) is 78.9. The quantitative estimate of drug-likeness (QED) is 0.0420. The molecule has 0 spiro atoms. The van der Waals surface area contributed by atoms with Gasteiger partial charge < -0.3 is 15.3 Å². The summed E-state index contributed by atoms with van der Waals surface area (Å²) in [5, 5.41) is 34.9. The molecule has 0 heterocycles. The molecule has 0 aromatic heterocycles. The molecule has 0 radical (unpaired) electrons. The maximum absolute atomic E-state index is 11.6. The zero-order valence-corrected chi connectivity index (χ0v) is 49.3. The first-order valence-electron chi connectivity index (χ1n) is 33.6. The molecular weight excluding hydrogens is 853 g/mol. The van der Waals surface area contributed by atoms with Gasteiger partial charge in [0.15, 0.2) is 0 Å². The van der Waals surface area contributed by atoms with Crippen molar-refractivity contribution in [2.75, 3.05) is 0 Å². The third-order valence-corrected chi connectivity index (χ3v) is 17.2. The van der Waals surface area contributed by atoms with Gasteiger partial charge in [-0.15, -0.1) is 0 Å². The fourth-order valence-corrected chi connectivity index (χ4v) is 12.3. The van der Waals surface area contributed by atoms with E-state index in [9.17, 15) is 15.3 Å². The summed E-state index contributed by atoms with van der Waals surface area (Å²) in [4.78, 5) is 0. The summed E-state index contributed by atoms with van der Waals surface area (Å²) in [7, 11) is 0. The molecule has 0 bridgehead atoms. The minimum atomic E-state index is -2.61. The van der Waals surface area contributed by atoms with Crippen molar-refractivity contribution in [3.63, 3.8) is 0 Å². The van der Waals surface area contributed by atoms with Crippen molar-refractivity contribution in [3.8, 4) is 0 Å². The van der Waals surface area contributed by atoms with Crippen LogP contribution in [0, 0.1) is 11.3 Å². The second-order valence-corrected chi connectivity index (χ2v) is 24.0. The zero-order chi connectivity index (χ0) is 51.0. The molecule has 0 amide bonds. The van der Waals surface area contributed by atoms with Gasteiger partial charge in [-0.1, -0.05) is 387 Å². The van der Waals surface area contributed by atoms with Crippen LogP contribution >= 0.6 is 0 Å². The average Bonchev–Trinajstić information content (AvgIpc) is 3.35. The molecule has 0 unspecified atom stereocenters. The normalized spacial score (nSPS) is 12.3. The minimum absolute atomic E-state index is 0.172. The summed E-state index contributed by atoms with van der Waals surface area (Å²) in [6.45, 7) is 9.22. The molecule has 422 valence electrons. The fraction of sp³-hybridized carbons (Fsp3) is 1.00. The first-order valence-corrected chi connectivity index (χ1v) is 33.6. The number of unbranched alkanes of at least 4 members (excludes halogenated alkanes) is 52. The first kappa shape index (κ1) is 69.9. The molecule has 0 fully saturated rings. The highest BCUT2D eigenvalue weighted by atomic mass is 16.7. The third-order valence-electron chi connectivity index (χ3n) is 17.2. The van der Waals surface area contributed by atoms with Crippen LogP contribution in [0.15, 0.2) is 0 Å². The van der Waals surface area contributed by atoms with Crippen LogP contribution in [-0.2, 0) is 0 Å². The van der Waals surface area contributed by atoms with Gasteiger partial charge in [-0.05, 0) is 31.6 Å². The molecular formula is C67H136O3. The van der Waals surface area contributed by atoms with Crippen LogP contribution in [-0.4, -0.2) is 21.3 Å². The summed E-state index contributed by atoms with van der Waals surface area (Å²) < 4.78 is 0. The highest BCUT2D eigenvalue weighted by molar-refractivity contribution is 4.92. The molecule has 0 aromatic rings. The van der Waals surface area contributed by atoms with E-state index in [-0.39, 0.29) is 5.92 Å². The second kappa shape index (κ2) is 56.6. The smallest absolute Gasteiger partial charge is 0.281 e. The van der Waals surface area contributed by atoms with E-state index in [1.54, 1.807) is 0 Å². The summed E-state index contributed by atoms with van der Waals surface area (Å²) in [6, 6.07) is 0. The van der Waals surface area contributed by atoms with Crippen LogP contribution in [0.2, 0.25) is 0 Å². The standard InChI is InChI=1S/C67H136O3/c1-5-9-13-17-21-25-29-33-37-41-45-49-53-57-61-65(62-58-54-50-46-42-38-34-30-26-22-18-14-10-6-2)66(67(68,69)70,63-59-55-51-47-43-39-35-31-27-23-19-15-11-7-3)64-60-56-52-48-44-40-36-32-28-24-20-16-12-8-4/h65,68-70H,5-64H2,1-4H3. The monoisotopic (exact) mass is 989 g/mol. The van der Waals surface area contributed by atoms with E-state index in [0.29, 0.717) is 0 Å². The van der Waals surface area contributed by atoms with E-state index in [1.165, 1.54) is 321 Å². The van der Waals surface area contributed by atoms with E-state index in [0.717, 1.165) is 64.2 Å². The highest BCUT2D eigenvalue weighted by Gasteiger charge is 2.52. The van der Waals surface area contributed by atoms with Crippen molar-refractivity contribution in [1.82, 2.24) is 0 Å². The molecule has 3 N–H and O–H groups in total. The molecule has 0 aliphatic rings. The van der Waals surface area contributed by atoms with E-state index in [2.05, 4.69) is 27.7 Å². The highest BCUT2D eigenvalue weighted by Crippen LogP contribution is 2.50. The lowest BCUT2D eigenvalue weighted by atomic mass is 9.63. The molecule has 3 nitrogen and oxygen atoms in total. The Balaban J connectivity index is 5.41. The van der Waals surface area contributed by atoms with Crippen molar-refractivity contribution in [2.24, 2.45) is 11.3 Å². The van der Waals surface area contributed by atoms with Crippen molar-refractivity contribution in [3.05, 3.63) is 0 Å². The van der Waals surface area contributed by atoms with Gasteiger partial charge in [0, 0.05) is 0 Å². The lowest BCUT2D eigenvalue weighted by Crippen LogP contribution is -2.53. The zero-order valence-electron chi connectivity index (χ0n) is 49.3. The summed E-state index contributed by atoms with van der Waals surface area (Å²) >= 11 is 0. The van der Waals surface area contributed by atoms with Crippen LogP contribution in [0.5, 0.6) is 0 Å². The van der Waals surface area contributed by atoms with Crippen LogP contribution in [0.25, 0.3) is 0 Å². The Kier molecular flexibility index (Phi) is 56.5. The molecule has 0 atom stereocenters. The largest absolute Gasteiger partial charge is 0.343 e. The maximum Gasteiger partial charge on any atom is 0.281 e. The van der Waals surface area contributed by atoms with E-state index in [1.807, 2.05) is 0 Å². The van der Waals surface area contributed by atoms with E-state index in [4.69, 9.17) is 0 Å². The van der Waals surface area contributed by atoms with Gasteiger partial charge >= 0.3 is 0 Å². The Morgan fingerprint density at radius 1 is 0.200 bits per heavy atom. The molecule has 0 saturated carbocycles. The SMILES string of the molecule is CCCCCCCCCCCCCCCCC(CCCCCCCCCCCCCCCC)C(CCCCCCCCCCCCCCCC)(CCCCCCCCCCCCCCCC)C(O)(O)O. The molecule has 3 heteroatoms. The van der Waals surface area contributed by atoms with Crippen molar-refractivity contribution < 1.29 is 15.3 Å². The number of hydrogen-bond acceptors (Lipinski definition) is 3. The van der Waals surface area contributed by atoms with Crippen molar-refractivity contribution in [1.29, 1.82) is 0 Å². The van der Waals surface area contributed by atoms with Gasteiger partial charge in [-0.25, -0.2) is 0 Å². The van der Waals surface area contributed by atoms with Gasteiger partial charge in [0.25, 0.3) is 5.97 Å². The average molecular weight is 990 g/mol. The second-order valence-electron chi connectivity index (χ2n) is 24.0. The van der Waals surface area contributed by atoms with Gasteiger partial charge in [0.1, 0.15) is 0 Å². The Morgan fingerprint density at radius 2 is 0.343 bits per heavy atom. The molecule has 0 aliphatic carbocycles. The summed E-state index contributed by atoms with van der Waals surface area (Å²) in [5.74, 6) is -2.44. The predicted molar refractivity (Wildman–Crippen MR) is 315 cm³/mol. The third kappa shape index (κ3) is 46.4. The Labute approximate surface area is 443 Å². The molecule has 70 heavy (non-hydrogen) atoms. The van der Waals surface area contributed by atoms with Crippen LogP contribution in [0.1, 0.15) is 413 Å².